The Morgan fingerprint density at radius 3 is 2.09 bits per heavy atom. The Hall–Kier alpha value is -5.06. The molecule has 0 aliphatic heterocycles. The molecule has 0 atom stereocenters. The topological polar surface area (TPSA) is 48.8 Å². The Balaban J connectivity index is 0.00000480. The van der Waals surface area contributed by atoms with Gasteiger partial charge in [-0.05, 0) is 87.7 Å². The van der Waals surface area contributed by atoms with Crippen LogP contribution in [-0.2, 0) is 31.9 Å². The second-order valence-corrected chi connectivity index (χ2v) is 16.0. The maximum Gasteiger partial charge on any atom is 0.269 e. The van der Waals surface area contributed by atoms with Crippen LogP contribution in [-0.4, -0.2) is 19.1 Å². The summed E-state index contributed by atoms with van der Waals surface area (Å²) in [6.45, 7) is 17.7. The standard InChI is InChI=1S/C48H47N5O.Pt/c1-9-32(10-2)33-21-23-50-46(25-33)53-41-16-12-11-15-39(41)40-20-19-37(29-44(40)53)54-38-22-24-49-45(30-38)52-31-51(42-17-13-14-18-43(42)52)36-27-34(47(3,4)5)26-35(28-36)48(6,7)8;/h11-28,32H,9-10H2,1-8H3;/q-2;/i32D;. The molecule has 0 fully saturated rings. The summed E-state index contributed by atoms with van der Waals surface area (Å²) in [6.07, 6.45) is 8.59. The van der Waals surface area contributed by atoms with Gasteiger partial charge in [0.15, 0.2) is 0 Å². The van der Waals surface area contributed by atoms with E-state index in [0.29, 0.717) is 30.2 Å². The van der Waals surface area contributed by atoms with Crippen LogP contribution in [0.25, 0.3) is 50.2 Å². The first-order chi connectivity index (χ1) is 26.3. The van der Waals surface area contributed by atoms with E-state index < -0.39 is 5.89 Å². The number of aromatic nitrogens is 5. The summed E-state index contributed by atoms with van der Waals surface area (Å²) in [4.78, 5) is 9.54. The molecule has 4 aromatic carbocycles. The Labute approximate surface area is 340 Å². The number of fused-ring (bicyclic) bond motifs is 4. The van der Waals surface area contributed by atoms with Crippen molar-refractivity contribution in [3.05, 3.63) is 145 Å². The number of nitrogens with zero attached hydrogens (tertiary/aromatic N) is 5. The van der Waals surface area contributed by atoms with E-state index in [1.165, 1.54) is 11.1 Å². The summed E-state index contributed by atoms with van der Waals surface area (Å²) < 4.78 is 21.8. The van der Waals surface area contributed by atoms with Gasteiger partial charge in [-0.25, -0.2) is 4.98 Å². The Kier molecular flexibility index (Phi) is 9.98. The first-order valence-electron chi connectivity index (χ1n) is 19.4. The van der Waals surface area contributed by atoms with Crippen molar-refractivity contribution in [2.75, 3.05) is 0 Å². The van der Waals surface area contributed by atoms with Crippen molar-refractivity contribution >= 4 is 32.8 Å². The molecule has 6 nitrogen and oxygen atoms in total. The number of rotatable bonds is 8. The predicted octanol–water partition coefficient (Wildman–Crippen LogP) is 11.5. The van der Waals surface area contributed by atoms with Crippen molar-refractivity contribution in [3.8, 4) is 28.8 Å². The van der Waals surface area contributed by atoms with E-state index in [2.05, 4.69) is 138 Å². The van der Waals surface area contributed by atoms with Gasteiger partial charge in [0.1, 0.15) is 5.82 Å². The van der Waals surface area contributed by atoms with Crippen LogP contribution in [0.5, 0.6) is 11.5 Å². The summed E-state index contributed by atoms with van der Waals surface area (Å²) in [5.74, 6) is 1.69. The Morgan fingerprint density at radius 1 is 0.727 bits per heavy atom. The van der Waals surface area contributed by atoms with Crippen molar-refractivity contribution in [1.82, 2.24) is 19.1 Å². The van der Waals surface area contributed by atoms with E-state index in [4.69, 9.17) is 16.1 Å². The molecule has 7 heteroatoms. The third-order valence-electron chi connectivity index (χ3n) is 10.4. The number of ether oxygens (including phenoxy) is 1. The van der Waals surface area contributed by atoms with Crippen LogP contribution in [0.1, 0.15) is 92.2 Å². The van der Waals surface area contributed by atoms with Gasteiger partial charge in [-0.3, -0.25) is 14.1 Å². The summed E-state index contributed by atoms with van der Waals surface area (Å²) in [6, 6.07) is 40.3. The Morgan fingerprint density at radius 2 is 1.38 bits per heavy atom. The van der Waals surface area contributed by atoms with Crippen LogP contribution >= 0.6 is 0 Å². The molecule has 0 amide bonds. The van der Waals surface area contributed by atoms with Gasteiger partial charge in [-0.2, -0.15) is 18.2 Å². The largest absolute Gasteiger partial charge is 0.522 e. The van der Waals surface area contributed by atoms with E-state index in [-0.39, 0.29) is 31.9 Å². The third-order valence-corrected chi connectivity index (χ3v) is 10.4. The molecule has 8 aromatic rings. The first-order valence-corrected chi connectivity index (χ1v) is 18.9. The molecule has 282 valence electrons. The molecule has 55 heavy (non-hydrogen) atoms. The van der Waals surface area contributed by atoms with E-state index >= 15 is 0 Å². The van der Waals surface area contributed by atoms with Crippen molar-refractivity contribution in [2.45, 2.75) is 85.0 Å². The average molecular weight is 906 g/mol. The normalized spacial score (nSPS) is 12.6. The molecule has 0 aliphatic rings. The second-order valence-electron chi connectivity index (χ2n) is 16.0. The molecule has 4 heterocycles. The van der Waals surface area contributed by atoms with Crippen molar-refractivity contribution in [2.24, 2.45) is 0 Å². The van der Waals surface area contributed by atoms with E-state index in [9.17, 15) is 0 Å². The molecule has 0 radical (unpaired) electrons. The van der Waals surface area contributed by atoms with Gasteiger partial charge in [0, 0.05) is 39.9 Å². The first kappa shape index (κ1) is 36.9. The number of pyridine rings is 2. The molecule has 0 N–H and O–H groups in total. The molecule has 0 aliphatic carbocycles. The fourth-order valence-corrected chi connectivity index (χ4v) is 7.26. The molecule has 8 rings (SSSR count). The minimum atomic E-state index is -0.684. The van der Waals surface area contributed by atoms with Crippen molar-refractivity contribution < 1.29 is 31.7 Å². The smallest absolute Gasteiger partial charge is 0.269 e. The number of imidazole rings is 1. The quantitative estimate of drug-likeness (QED) is 0.113. The van der Waals surface area contributed by atoms with Crippen LogP contribution < -0.4 is 9.30 Å². The van der Waals surface area contributed by atoms with E-state index in [1.807, 2.05) is 53.2 Å². The van der Waals surface area contributed by atoms with Crippen LogP contribution in [0, 0.1) is 18.5 Å². The zero-order chi connectivity index (χ0) is 38.7. The van der Waals surface area contributed by atoms with Crippen molar-refractivity contribution in [3.63, 3.8) is 0 Å². The molecule has 0 unspecified atom stereocenters. The summed E-state index contributed by atoms with van der Waals surface area (Å²) in [5, 5.41) is 2.14. The maximum atomic E-state index is 9.12. The van der Waals surface area contributed by atoms with E-state index in [1.54, 1.807) is 6.20 Å². The summed E-state index contributed by atoms with van der Waals surface area (Å²) >= 11 is 0. The zero-order valence-corrected chi connectivity index (χ0v) is 35.0. The molecule has 0 saturated carbocycles. The molecule has 0 bridgehead atoms. The average Bonchev–Trinajstić information content (AvgIpc) is 3.73. The van der Waals surface area contributed by atoms with Gasteiger partial charge < -0.3 is 9.30 Å². The maximum absolute atomic E-state index is 9.12. The fourth-order valence-electron chi connectivity index (χ4n) is 7.26. The number of para-hydroxylation sites is 3. The summed E-state index contributed by atoms with van der Waals surface area (Å²) in [5.41, 5.74) is 8.33. The van der Waals surface area contributed by atoms with Crippen LogP contribution in [0.4, 0.5) is 0 Å². The van der Waals surface area contributed by atoms with Gasteiger partial charge >= 0.3 is 0 Å². The number of hydrogen-bond donors (Lipinski definition) is 0. The van der Waals surface area contributed by atoms with Gasteiger partial charge in [0.2, 0.25) is 0 Å². The monoisotopic (exact) mass is 905 g/mol. The number of hydrogen-bond acceptors (Lipinski definition) is 3. The van der Waals surface area contributed by atoms with Crippen molar-refractivity contribution in [1.29, 1.82) is 0 Å². The number of benzene rings is 4. The summed E-state index contributed by atoms with van der Waals surface area (Å²) in [7, 11) is 0. The Bertz CT molecular complexity index is 2680. The molecule has 0 spiro atoms. The molecular formula is C48H47N5OPt-2. The van der Waals surface area contributed by atoms with Gasteiger partial charge in [-0.1, -0.05) is 116 Å². The minimum Gasteiger partial charge on any atom is -0.522 e. The third kappa shape index (κ3) is 7.25. The predicted molar refractivity (Wildman–Crippen MR) is 218 cm³/mol. The van der Waals surface area contributed by atoms with Crippen LogP contribution in [0.3, 0.4) is 0 Å². The minimum absolute atomic E-state index is 0. The van der Waals surface area contributed by atoms with Gasteiger partial charge in [-0.15, -0.1) is 17.5 Å². The molecular weight excluding hydrogens is 858 g/mol. The second kappa shape index (κ2) is 14.9. The SMILES string of the molecule is [2H]C(CC)(CC)c1ccnc(-n2c3[c-]c(Oc4[c-]c(-n5[c-][n+](-c6cc(C(C)(C)C)cc(C(C)(C)C)c6)c6ccccc65)ncc4)ccc3c3ccccc32)c1.[Pt]. The van der Waals surface area contributed by atoms with Crippen LogP contribution in [0.15, 0.2) is 109 Å². The van der Waals surface area contributed by atoms with E-state index in [0.717, 1.165) is 49.9 Å². The van der Waals surface area contributed by atoms with Gasteiger partial charge in [0.25, 0.3) is 6.33 Å². The molecule has 0 saturated heterocycles. The van der Waals surface area contributed by atoms with Crippen LogP contribution in [0.2, 0.25) is 0 Å². The zero-order valence-electron chi connectivity index (χ0n) is 33.8. The molecule has 4 aromatic heterocycles. The fraction of sp³-hybridized carbons (Fsp3) is 0.271. The van der Waals surface area contributed by atoms with Gasteiger partial charge in [0.05, 0.1) is 22.5 Å².